The van der Waals surface area contributed by atoms with Crippen molar-refractivity contribution in [2.24, 2.45) is 0 Å². The average molecular weight is 327 g/mol. The SMILES string of the molecule is CC(C)(C(=O)NCc1ccccc1)c1c[nH]c2ccc(Cl)cc12. The second-order valence-corrected chi connectivity index (χ2v) is 6.62. The first-order valence-electron chi connectivity index (χ1n) is 7.58. The van der Waals surface area contributed by atoms with Crippen LogP contribution in [-0.4, -0.2) is 10.9 Å². The molecule has 23 heavy (non-hydrogen) atoms. The molecule has 2 aromatic carbocycles. The van der Waals surface area contributed by atoms with Gasteiger partial charge >= 0.3 is 0 Å². The lowest BCUT2D eigenvalue weighted by atomic mass is 9.83. The Morgan fingerprint density at radius 3 is 2.65 bits per heavy atom. The number of rotatable bonds is 4. The fraction of sp³-hybridized carbons (Fsp3) is 0.211. The quantitative estimate of drug-likeness (QED) is 0.732. The molecule has 0 saturated carbocycles. The molecule has 4 heteroatoms. The Bertz CT molecular complexity index is 837. The van der Waals surface area contributed by atoms with Crippen molar-refractivity contribution in [1.29, 1.82) is 0 Å². The monoisotopic (exact) mass is 326 g/mol. The molecule has 0 atom stereocenters. The summed E-state index contributed by atoms with van der Waals surface area (Å²) in [6, 6.07) is 15.6. The molecule has 1 aromatic heterocycles. The van der Waals surface area contributed by atoms with Gasteiger partial charge in [0.1, 0.15) is 0 Å². The molecule has 118 valence electrons. The number of hydrogen-bond donors (Lipinski definition) is 2. The van der Waals surface area contributed by atoms with Crippen molar-refractivity contribution in [3.8, 4) is 0 Å². The minimum Gasteiger partial charge on any atom is -0.361 e. The van der Waals surface area contributed by atoms with Crippen LogP contribution < -0.4 is 5.32 Å². The van der Waals surface area contributed by atoms with Crippen LogP contribution in [0.25, 0.3) is 10.9 Å². The molecule has 1 heterocycles. The van der Waals surface area contributed by atoms with E-state index in [2.05, 4.69) is 10.3 Å². The lowest BCUT2D eigenvalue weighted by molar-refractivity contribution is -0.125. The number of halogens is 1. The van der Waals surface area contributed by atoms with E-state index in [1.54, 1.807) is 0 Å². The molecule has 0 aliphatic heterocycles. The molecule has 0 fully saturated rings. The summed E-state index contributed by atoms with van der Waals surface area (Å²) in [5.74, 6) is -0.0118. The van der Waals surface area contributed by atoms with E-state index in [1.807, 2.05) is 68.6 Å². The number of aromatic amines is 1. The molecular formula is C19H19ClN2O. The van der Waals surface area contributed by atoms with Crippen molar-refractivity contribution in [3.63, 3.8) is 0 Å². The molecule has 3 aromatic rings. The normalized spacial score (nSPS) is 11.6. The van der Waals surface area contributed by atoms with E-state index in [1.165, 1.54) is 0 Å². The highest BCUT2D eigenvalue weighted by atomic mass is 35.5. The predicted molar refractivity (Wildman–Crippen MR) is 94.6 cm³/mol. The van der Waals surface area contributed by atoms with E-state index in [0.29, 0.717) is 11.6 Å². The third-order valence-electron chi connectivity index (χ3n) is 4.18. The second kappa shape index (κ2) is 6.09. The van der Waals surface area contributed by atoms with Crippen molar-refractivity contribution in [2.75, 3.05) is 0 Å². The molecule has 0 saturated heterocycles. The highest BCUT2D eigenvalue weighted by Gasteiger charge is 2.32. The van der Waals surface area contributed by atoms with Gasteiger partial charge in [-0.1, -0.05) is 41.9 Å². The lowest BCUT2D eigenvalue weighted by Gasteiger charge is -2.23. The van der Waals surface area contributed by atoms with Gasteiger partial charge in [0.05, 0.1) is 5.41 Å². The molecule has 0 unspecified atom stereocenters. The maximum Gasteiger partial charge on any atom is 0.230 e. The van der Waals surface area contributed by atoms with Crippen molar-refractivity contribution in [1.82, 2.24) is 10.3 Å². The summed E-state index contributed by atoms with van der Waals surface area (Å²) in [6.45, 7) is 4.37. The summed E-state index contributed by atoms with van der Waals surface area (Å²) in [5, 5.41) is 4.67. The van der Waals surface area contributed by atoms with Crippen LogP contribution in [0.2, 0.25) is 5.02 Å². The van der Waals surface area contributed by atoms with Gasteiger partial charge in [-0.25, -0.2) is 0 Å². The Kier molecular flexibility index (Phi) is 4.14. The average Bonchev–Trinajstić information content (AvgIpc) is 2.97. The minimum atomic E-state index is -0.655. The summed E-state index contributed by atoms with van der Waals surface area (Å²) in [7, 11) is 0. The van der Waals surface area contributed by atoms with Crippen LogP contribution in [0.4, 0.5) is 0 Å². The molecule has 0 spiro atoms. The van der Waals surface area contributed by atoms with E-state index in [0.717, 1.165) is 22.0 Å². The van der Waals surface area contributed by atoms with Gasteiger partial charge in [0, 0.05) is 28.7 Å². The Labute approximate surface area is 140 Å². The van der Waals surface area contributed by atoms with Crippen LogP contribution in [-0.2, 0) is 16.8 Å². The summed E-state index contributed by atoms with van der Waals surface area (Å²) < 4.78 is 0. The summed E-state index contributed by atoms with van der Waals surface area (Å²) in [6.07, 6.45) is 1.89. The number of nitrogens with one attached hydrogen (secondary N) is 2. The highest BCUT2D eigenvalue weighted by Crippen LogP contribution is 2.32. The van der Waals surface area contributed by atoms with Gasteiger partial charge in [0.2, 0.25) is 5.91 Å². The maximum atomic E-state index is 12.7. The largest absolute Gasteiger partial charge is 0.361 e. The Hall–Kier alpha value is -2.26. The molecular weight excluding hydrogens is 308 g/mol. The molecule has 0 aliphatic rings. The van der Waals surface area contributed by atoms with Crippen LogP contribution >= 0.6 is 11.6 Å². The first-order valence-corrected chi connectivity index (χ1v) is 7.95. The number of carbonyl (C=O) groups is 1. The van der Waals surface area contributed by atoms with Gasteiger partial charge in [0.15, 0.2) is 0 Å². The maximum absolute atomic E-state index is 12.7. The number of H-pyrrole nitrogens is 1. The van der Waals surface area contributed by atoms with Crippen molar-refractivity contribution < 1.29 is 4.79 Å². The van der Waals surface area contributed by atoms with E-state index in [-0.39, 0.29) is 5.91 Å². The molecule has 3 nitrogen and oxygen atoms in total. The van der Waals surface area contributed by atoms with Gasteiger partial charge in [-0.05, 0) is 43.2 Å². The van der Waals surface area contributed by atoms with E-state index in [9.17, 15) is 4.79 Å². The van der Waals surface area contributed by atoms with Gasteiger partial charge in [-0.2, -0.15) is 0 Å². The standard InChI is InChI=1S/C19H19ClN2O/c1-19(2,18(23)22-11-13-6-4-3-5-7-13)16-12-21-17-9-8-14(20)10-15(16)17/h3-10,12,21H,11H2,1-2H3,(H,22,23). The Morgan fingerprint density at radius 2 is 1.91 bits per heavy atom. The van der Waals surface area contributed by atoms with Gasteiger partial charge in [0.25, 0.3) is 0 Å². The Balaban J connectivity index is 1.84. The van der Waals surface area contributed by atoms with Crippen LogP contribution in [0.1, 0.15) is 25.0 Å². The van der Waals surface area contributed by atoms with E-state index in [4.69, 9.17) is 11.6 Å². The first kappa shape index (κ1) is 15.6. The number of amides is 1. The third kappa shape index (κ3) is 3.10. The van der Waals surface area contributed by atoms with Crippen molar-refractivity contribution >= 4 is 28.4 Å². The number of carbonyl (C=O) groups excluding carboxylic acids is 1. The predicted octanol–water partition coefficient (Wildman–Crippen LogP) is 4.42. The van der Waals surface area contributed by atoms with Gasteiger partial charge in [-0.3, -0.25) is 4.79 Å². The van der Waals surface area contributed by atoms with E-state index >= 15 is 0 Å². The van der Waals surface area contributed by atoms with E-state index < -0.39 is 5.41 Å². The highest BCUT2D eigenvalue weighted by molar-refractivity contribution is 6.31. The van der Waals surface area contributed by atoms with Gasteiger partial charge in [-0.15, -0.1) is 0 Å². The molecule has 0 aliphatic carbocycles. The molecule has 2 N–H and O–H groups in total. The first-order chi connectivity index (χ1) is 11.0. The van der Waals surface area contributed by atoms with Crippen molar-refractivity contribution in [3.05, 3.63) is 70.9 Å². The summed E-state index contributed by atoms with van der Waals surface area (Å²) in [4.78, 5) is 15.9. The zero-order valence-corrected chi connectivity index (χ0v) is 13.9. The topological polar surface area (TPSA) is 44.9 Å². The van der Waals surface area contributed by atoms with Crippen LogP contribution in [0.3, 0.4) is 0 Å². The summed E-state index contributed by atoms with van der Waals surface area (Å²) in [5.41, 5.74) is 2.35. The summed E-state index contributed by atoms with van der Waals surface area (Å²) >= 11 is 6.10. The zero-order valence-electron chi connectivity index (χ0n) is 13.2. The fourth-order valence-electron chi connectivity index (χ4n) is 2.73. The van der Waals surface area contributed by atoms with Crippen LogP contribution in [0, 0.1) is 0 Å². The third-order valence-corrected chi connectivity index (χ3v) is 4.42. The van der Waals surface area contributed by atoms with Crippen LogP contribution in [0.5, 0.6) is 0 Å². The van der Waals surface area contributed by atoms with Crippen LogP contribution in [0.15, 0.2) is 54.7 Å². The molecule has 1 amide bonds. The minimum absolute atomic E-state index is 0.0118. The second-order valence-electron chi connectivity index (χ2n) is 6.19. The lowest BCUT2D eigenvalue weighted by Crippen LogP contribution is -2.39. The number of benzene rings is 2. The Morgan fingerprint density at radius 1 is 1.17 bits per heavy atom. The molecule has 3 rings (SSSR count). The zero-order chi connectivity index (χ0) is 16.4. The number of fused-ring (bicyclic) bond motifs is 1. The molecule has 0 bridgehead atoms. The number of hydrogen-bond acceptors (Lipinski definition) is 1. The van der Waals surface area contributed by atoms with Gasteiger partial charge < -0.3 is 10.3 Å². The van der Waals surface area contributed by atoms with Crippen molar-refractivity contribution in [2.45, 2.75) is 25.8 Å². The fourth-order valence-corrected chi connectivity index (χ4v) is 2.90. The number of aromatic nitrogens is 1. The smallest absolute Gasteiger partial charge is 0.230 e. The molecule has 0 radical (unpaired) electrons.